The van der Waals surface area contributed by atoms with Crippen molar-refractivity contribution < 1.29 is 9.50 Å². The van der Waals surface area contributed by atoms with Gasteiger partial charge in [0.15, 0.2) is 0 Å². The van der Waals surface area contributed by atoms with E-state index >= 15 is 0 Å². The summed E-state index contributed by atoms with van der Waals surface area (Å²) >= 11 is 0. The van der Waals surface area contributed by atoms with Gasteiger partial charge in [0.05, 0.1) is 11.8 Å². The van der Waals surface area contributed by atoms with Gasteiger partial charge in [0.25, 0.3) is 0 Å². The largest absolute Gasteiger partial charge is 0.390 e. The Labute approximate surface area is 267 Å². The van der Waals surface area contributed by atoms with Gasteiger partial charge in [-0.25, -0.2) is 14.4 Å². The summed E-state index contributed by atoms with van der Waals surface area (Å²) in [7, 11) is 0. The maximum atomic E-state index is 13.3. The van der Waals surface area contributed by atoms with E-state index in [1.165, 1.54) is 48.8 Å². The average molecular weight is 618 g/mol. The molecule has 1 heterocycles. The summed E-state index contributed by atoms with van der Waals surface area (Å²) in [6.45, 7) is 7.20. The molecule has 1 saturated carbocycles. The van der Waals surface area contributed by atoms with Crippen LogP contribution in [0.4, 0.5) is 15.9 Å². The molecule has 3 aromatic carbocycles. The van der Waals surface area contributed by atoms with E-state index < -0.39 is 12.1 Å². The first-order valence-electron chi connectivity index (χ1n) is 15.3. The predicted molar refractivity (Wildman–Crippen MR) is 180 cm³/mol. The summed E-state index contributed by atoms with van der Waals surface area (Å²) in [5, 5.41) is 18.2. The Morgan fingerprint density at radius 2 is 1.64 bits per heavy atom. The van der Waals surface area contributed by atoms with Gasteiger partial charge in [0.2, 0.25) is 0 Å². The van der Waals surface area contributed by atoms with Crippen LogP contribution in [0.1, 0.15) is 69.6 Å². The van der Waals surface area contributed by atoms with Crippen LogP contribution in [0, 0.1) is 5.82 Å². The number of hydrogen-bond donors (Lipinski definition) is 4. The van der Waals surface area contributed by atoms with E-state index in [1.54, 1.807) is 12.1 Å². The minimum atomic E-state index is -0.673. The molecule has 1 aliphatic rings. The van der Waals surface area contributed by atoms with E-state index in [9.17, 15) is 9.50 Å². The Morgan fingerprint density at radius 3 is 2.32 bits per heavy atom. The molecule has 1 aromatic heterocycles. The van der Waals surface area contributed by atoms with Gasteiger partial charge in [-0.1, -0.05) is 76.4 Å². The summed E-state index contributed by atoms with van der Waals surface area (Å²) in [5.74, 6) is 0.361. The number of nitrogens with two attached hydrogens (primary N) is 1. The lowest BCUT2D eigenvalue weighted by Gasteiger charge is -2.40. The number of anilines is 2. The minimum absolute atomic E-state index is 0. The highest BCUT2D eigenvalue weighted by molar-refractivity contribution is 5.85. The number of aliphatic hydroxyl groups excluding tert-OH is 1. The molecule has 0 radical (unpaired) electrons. The normalized spacial score (nSPS) is 16.0. The van der Waals surface area contributed by atoms with Crippen LogP contribution in [-0.2, 0) is 17.4 Å². The molecule has 4 aromatic rings. The van der Waals surface area contributed by atoms with Crippen molar-refractivity contribution in [3.05, 3.63) is 108 Å². The quantitative estimate of drug-likeness (QED) is 0.148. The summed E-state index contributed by atoms with van der Waals surface area (Å²) in [6.07, 6.45) is 7.12. The standard InChI is InChI=1S/C36H44FN5O.ClH/c1-35(2,3)27-8-7-9-28(21-27)36(18-5-4-6-19-36)41-23-33(43)31(38)20-25-10-16-30(17-11-25)42-34-22-32(39-24-40-34)26-12-14-29(37)15-13-26;/h7-17,21-22,24,31,33,41,43H,4-6,18-20,23,38H2,1-3H3,(H,39,40,42);1H/t31-,33+;/m0./s1. The number of halogens is 2. The molecule has 1 aliphatic carbocycles. The summed E-state index contributed by atoms with van der Waals surface area (Å²) in [6, 6.07) is 24.6. The zero-order chi connectivity index (χ0) is 30.5. The fourth-order valence-electron chi connectivity index (χ4n) is 5.94. The number of benzene rings is 3. The highest BCUT2D eigenvalue weighted by Gasteiger charge is 2.35. The number of aliphatic hydroxyl groups is 1. The van der Waals surface area contributed by atoms with Crippen molar-refractivity contribution in [2.75, 3.05) is 11.9 Å². The van der Waals surface area contributed by atoms with Crippen LogP contribution in [0.25, 0.3) is 11.3 Å². The maximum Gasteiger partial charge on any atom is 0.134 e. The lowest BCUT2D eigenvalue weighted by atomic mass is 9.74. The Hall–Kier alpha value is -3.36. The second kappa shape index (κ2) is 14.6. The second-order valence-corrected chi connectivity index (χ2v) is 12.9. The lowest BCUT2D eigenvalue weighted by molar-refractivity contribution is 0.116. The van der Waals surface area contributed by atoms with Gasteiger partial charge < -0.3 is 21.5 Å². The van der Waals surface area contributed by atoms with Gasteiger partial charge in [0, 0.05) is 35.4 Å². The van der Waals surface area contributed by atoms with Crippen molar-refractivity contribution in [3.63, 3.8) is 0 Å². The van der Waals surface area contributed by atoms with Gasteiger partial charge >= 0.3 is 0 Å². The van der Waals surface area contributed by atoms with Gasteiger partial charge in [-0.3, -0.25) is 0 Å². The van der Waals surface area contributed by atoms with E-state index in [-0.39, 0.29) is 29.2 Å². The molecule has 6 nitrogen and oxygen atoms in total. The highest BCUT2D eigenvalue weighted by atomic mass is 35.5. The summed E-state index contributed by atoms with van der Waals surface area (Å²) in [5.41, 5.74) is 12.6. The van der Waals surface area contributed by atoms with Crippen molar-refractivity contribution in [3.8, 4) is 11.3 Å². The number of aromatic nitrogens is 2. The zero-order valence-electron chi connectivity index (χ0n) is 25.9. The summed E-state index contributed by atoms with van der Waals surface area (Å²) < 4.78 is 13.3. The molecule has 0 amide bonds. The lowest BCUT2D eigenvalue weighted by Crippen LogP contribution is -2.51. The second-order valence-electron chi connectivity index (χ2n) is 12.9. The third kappa shape index (κ3) is 8.42. The zero-order valence-corrected chi connectivity index (χ0v) is 26.7. The number of rotatable bonds is 10. The molecule has 5 rings (SSSR count). The predicted octanol–water partition coefficient (Wildman–Crippen LogP) is 7.43. The van der Waals surface area contributed by atoms with Crippen LogP contribution in [0.5, 0.6) is 0 Å². The molecule has 0 bridgehead atoms. The van der Waals surface area contributed by atoms with E-state index in [2.05, 4.69) is 65.6 Å². The first-order valence-corrected chi connectivity index (χ1v) is 15.3. The van der Waals surface area contributed by atoms with Crippen LogP contribution in [0.15, 0.2) is 85.2 Å². The Morgan fingerprint density at radius 1 is 0.932 bits per heavy atom. The van der Waals surface area contributed by atoms with Gasteiger partial charge in [-0.15, -0.1) is 12.4 Å². The molecule has 0 aliphatic heterocycles. The minimum Gasteiger partial charge on any atom is -0.390 e. The number of nitrogens with one attached hydrogen (secondary N) is 2. The van der Waals surface area contributed by atoms with Crippen LogP contribution < -0.4 is 16.4 Å². The van der Waals surface area contributed by atoms with Crippen molar-refractivity contribution in [2.45, 2.75) is 82.4 Å². The van der Waals surface area contributed by atoms with Crippen LogP contribution in [0.3, 0.4) is 0 Å². The molecule has 44 heavy (non-hydrogen) atoms. The third-order valence-electron chi connectivity index (χ3n) is 8.64. The van der Waals surface area contributed by atoms with E-state index in [1.807, 2.05) is 30.3 Å². The molecule has 8 heteroatoms. The van der Waals surface area contributed by atoms with Crippen LogP contribution >= 0.6 is 12.4 Å². The molecular formula is C36H45ClFN5O. The molecule has 0 unspecified atom stereocenters. The molecular weight excluding hydrogens is 573 g/mol. The van der Waals surface area contributed by atoms with Crippen LogP contribution in [0.2, 0.25) is 0 Å². The molecule has 0 saturated heterocycles. The first-order chi connectivity index (χ1) is 20.6. The van der Waals surface area contributed by atoms with Crippen LogP contribution in [-0.4, -0.2) is 33.8 Å². The fraction of sp³-hybridized carbons (Fsp3) is 0.389. The molecule has 234 valence electrons. The van der Waals surface area contributed by atoms with E-state index in [0.717, 1.165) is 29.7 Å². The van der Waals surface area contributed by atoms with Gasteiger partial charge in [-0.2, -0.15) is 0 Å². The smallest absolute Gasteiger partial charge is 0.134 e. The van der Waals surface area contributed by atoms with Gasteiger partial charge in [0.1, 0.15) is 18.0 Å². The van der Waals surface area contributed by atoms with E-state index in [0.29, 0.717) is 24.5 Å². The number of hydrogen-bond acceptors (Lipinski definition) is 6. The van der Waals surface area contributed by atoms with Crippen molar-refractivity contribution in [1.82, 2.24) is 15.3 Å². The van der Waals surface area contributed by atoms with Crippen molar-refractivity contribution >= 4 is 23.9 Å². The molecule has 2 atom stereocenters. The maximum absolute atomic E-state index is 13.3. The molecule has 5 N–H and O–H groups in total. The first kappa shape index (κ1) is 33.5. The Kier molecular flexibility index (Phi) is 11.1. The Balaban J connectivity index is 0.00000442. The van der Waals surface area contributed by atoms with E-state index in [4.69, 9.17) is 5.73 Å². The highest BCUT2D eigenvalue weighted by Crippen LogP contribution is 2.38. The SMILES string of the molecule is CC(C)(C)c1cccc(C2(NC[C@@H](O)[C@@H](N)Cc3ccc(Nc4cc(-c5ccc(F)cc5)ncn4)cc3)CCCCC2)c1.Cl. The molecule has 1 fully saturated rings. The fourth-order valence-corrected chi connectivity index (χ4v) is 5.94. The van der Waals surface area contributed by atoms with Crippen molar-refractivity contribution in [1.29, 1.82) is 0 Å². The third-order valence-corrected chi connectivity index (χ3v) is 8.64. The summed E-state index contributed by atoms with van der Waals surface area (Å²) in [4.78, 5) is 8.63. The Bertz CT molecular complexity index is 1480. The number of nitrogens with zero attached hydrogens (tertiary/aromatic N) is 2. The van der Waals surface area contributed by atoms with Crippen molar-refractivity contribution in [2.24, 2.45) is 5.73 Å². The van der Waals surface area contributed by atoms with Gasteiger partial charge in [-0.05, 0) is 77.8 Å². The topological polar surface area (TPSA) is 96.1 Å². The monoisotopic (exact) mass is 617 g/mol. The average Bonchev–Trinajstić information content (AvgIpc) is 3.01. The molecule has 0 spiro atoms.